The quantitative estimate of drug-likeness (QED) is 0.526. The molecule has 0 aliphatic carbocycles. The van der Waals surface area contributed by atoms with Gasteiger partial charge < -0.3 is 9.88 Å². The van der Waals surface area contributed by atoms with Crippen LogP contribution in [0.1, 0.15) is 39.9 Å². The molecular weight excluding hydrogens is 406 g/mol. The van der Waals surface area contributed by atoms with Gasteiger partial charge in [-0.3, -0.25) is 25.2 Å². The Balaban J connectivity index is 1.48. The third-order valence-corrected chi connectivity index (χ3v) is 4.92. The maximum atomic E-state index is 12.3. The van der Waals surface area contributed by atoms with Crippen LogP contribution in [-0.2, 0) is 11.3 Å². The molecule has 3 aromatic rings. The Hall–Kier alpha value is -3.39. The molecule has 0 saturated carbocycles. The molecule has 1 aromatic heterocycles. The fourth-order valence-corrected chi connectivity index (χ4v) is 3.30. The van der Waals surface area contributed by atoms with Crippen molar-refractivity contribution in [2.75, 3.05) is 6.54 Å². The number of fused-ring (bicyclic) bond motifs is 1. The lowest BCUT2D eigenvalue weighted by Crippen LogP contribution is -2.42. The molecule has 3 amide bonds. The van der Waals surface area contributed by atoms with Gasteiger partial charge in [-0.25, -0.2) is 4.98 Å². The molecular formula is C21H22ClN5O3. The number of imidazole rings is 1. The predicted molar refractivity (Wildman–Crippen MR) is 114 cm³/mol. The summed E-state index contributed by atoms with van der Waals surface area (Å²) in [5.74, 6) is -0.381. The Morgan fingerprint density at radius 1 is 1.07 bits per heavy atom. The van der Waals surface area contributed by atoms with E-state index >= 15 is 0 Å². The fourth-order valence-electron chi connectivity index (χ4n) is 3.08. The lowest BCUT2D eigenvalue weighted by molar-refractivity contribution is -0.121. The van der Waals surface area contributed by atoms with Crippen LogP contribution in [0.25, 0.3) is 11.0 Å². The minimum atomic E-state index is -0.450. The molecule has 0 unspecified atom stereocenters. The van der Waals surface area contributed by atoms with Gasteiger partial charge in [-0.15, -0.1) is 0 Å². The molecule has 0 aliphatic rings. The van der Waals surface area contributed by atoms with E-state index in [1.807, 2.05) is 19.9 Å². The van der Waals surface area contributed by atoms with Crippen molar-refractivity contribution in [3.8, 4) is 0 Å². The summed E-state index contributed by atoms with van der Waals surface area (Å²) in [5, 5.41) is 2.95. The van der Waals surface area contributed by atoms with Crippen molar-refractivity contribution < 1.29 is 14.4 Å². The Morgan fingerprint density at radius 2 is 1.83 bits per heavy atom. The first-order valence-corrected chi connectivity index (χ1v) is 9.87. The predicted octanol–water partition coefficient (Wildman–Crippen LogP) is 2.60. The van der Waals surface area contributed by atoms with E-state index in [4.69, 9.17) is 11.6 Å². The zero-order valence-electron chi connectivity index (χ0n) is 16.7. The van der Waals surface area contributed by atoms with Crippen LogP contribution in [0.4, 0.5) is 0 Å². The van der Waals surface area contributed by atoms with Crippen molar-refractivity contribution in [1.82, 2.24) is 25.7 Å². The van der Waals surface area contributed by atoms with Gasteiger partial charge in [-0.1, -0.05) is 23.7 Å². The minimum absolute atomic E-state index is 0.00436. The number of rotatable bonds is 6. The SMILES string of the molecule is CCn1c(C)nc2cc(C(=O)NNC(=O)CCNC(=O)c3ccccc3Cl)ccc21. The smallest absolute Gasteiger partial charge is 0.269 e. The summed E-state index contributed by atoms with van der Waals surface area (Å²) in [6.07, 6.45) is -0.00436. The number of hydrazine groups is 1. The Bertz CT molecular complexity index is 1110. The van der Waals surface area contributed by atoms with Crippen LogP contribution in [0.5, 0.6) is 0 Å². The number of halogens is 1. The van der Waals surface area contributed by atoms with Gasteiger partial charge in [0.05, 0.1) is 21.6 Å². The summed E-state index contributed by atoms with van der Waals surface area (Å²) in [4.78, 5) is 40.8. The van der Waals surface area contributed by atoms with Gasteiger partial charge in [-0.05, 0) is 44.2 Å². The van der Waals surface area contributed by atoms with Crippen LogP contribution in [0.15, 0.2) is 42.5 Å². The monoisotopic (exact) mass is 427 g/mol. The number of hydrogen-bond acceptors (Lipinski definition) is 4. The van der Waals surface area contributed by atoms with E-state index in [2.05, 4.69) is 25.7 Å². The molecule has 3 N–H and O–H groups in total. The van der Waals surface area contributed by atoms with Crippen molar-refractivity contribution in [3.63, 3.8) is 0 Å². The van der Waals surface area contributed by atoms with Crippen molar-refractivity contribution in [1.29, 1.82) is 0 Å². The molecule has 0 radical (unpaired) electrons. The summed E-state index contributed by atoms with van der Waals surface area (Å²) in [7, 11) is 0. The number of aryl methyl sites for hydroxylation is 2. The Morgan fingerprint density at radius 3 is 2.57 bits per heavy atom. The second-order valence-electron chi connectivity index (χ2n) is 6.59. The van der Waals surface area contributed by atoms with E-state index in [9.17, 15) is 14.4 Å². The first-order valence-electron chi connectivity index (χ1n) is 9.49. The highest BCUT2D eigenvalue weighted by Gasteiger charge is 2.13. The Labute approximate surface area is 178 Å². The van der Waals surface area contributed by atoms with Crippen LogP contribution >= 0.6 is 11.6 Å². The summed E-state index contributed by atoms with van der Waals surface area (Å²) < 4.78 is 2.05. The third kappa shape index (κ3) is 4.77. The first-order chi connectivity index (χ1) is 14.4. The number of benzene rings is 2. The molecule has 1 heterocycles. The van der Waals surface area contributed by atoms with Crippen molar-refractivity contribution in [3.05, 3.63) is 64.4 Å². The Kier molecular flexibility index (Phi) is 6.68. The van der Waals surface area contributed by atoms with Crippen LogP contribution < -0.4 is 16.2 Å². The molecule has 3 rings (SSSR count). The van der Waals surface area contributed by atoms with Gasteiger partial charge in [0.1, 0.15) is 5.82 Å². The number of nitrogens with one attached hydrogen (secondary N) is 3. The van der Waals surface area contributed by atoms with Gasteiger partial charge in [0.15, 0.2) is 0 Å². The summed E-state index contributed by atoms with van der Waals surface area (Å²) in [6, 6.07) is 11.8. The van der Waals surface area contributed by atoms with Crippen molar-refractivity contribution in [2.24, 2.45) is 0 Å². The van der Waals surface area contributed by atoms with E-state index in [0.717, 1.165) is 23.4 Å². The number of hydrogen-bond donors (Lipinski definition) is 3. The van der Waals surface area contributed by atoms with Crippen LogP contribution in [0, 0.1) is 6.92 Å². The highest BCUT2D eigenvalue weighted by atomic mass is 35.5. The number of carbonyl (C=O) groups excluding carboxylic acids is 3. The first kappa shape index (κ1) is 21.3. The van der Waals surface area contributed by atoms with Crippen LogP contribution in [-0.4, -0.2) is 33.8 Å². The van der Waals surface area contributed by atoms with Gasteiger partial charge in [0, 0.05) is 25.1 Å². The van der Waals surface area contributed by atoms with Gasteiger partial charge in [-0.2, -0.15) is 0 Å². The zero-order valence-corrected chi connectivity index (χ0v) is 17.4. The average molecular weight is 428 g/mol. The largest absolute Gasteiger partial charge is 0.351 e. The molecule has 9 heteroatoms. The molecule has 0 bridgehead atoms. The van der Waals surface area contributed by atoms with Crippen molar-refractivity contribution in [2.45, 2.75) is 26.8 Å². The van der Waals surface area contributed by atoms with Gasteiger partial charge in [0.25, 0.3) is 11.8 Å². The van der Waals surface area contributed by atoms with E-state index in [0.29, 0.717) is 16.1 Å². The topological polar surface area (TPSA) is 105 Å². The molecule has 0 saturated heterocycles. The van der Waals surface area contributed by atoms with Crippen LogP contribution in [0.2, 0.25) is 5.02 Å². The van der Waals surface area contributed by atoms with Crippen molar-refractivity contribution >= 4 is 40.4 Å². The maximum absolute atomic E-state index is 12.3. The number of aromatic nitrogens is 2. The summed E-state index contributed by atoms with van der Waals surface area (Å²) >= 11 is 5.96. The third-order valence-electron chi connectivity index (χ3n) is 4.59. The number of carbonyl (C=O) groups is 3. The van der Waals surface area contributed by atoms with Crippen LogP contribution in [0.3, 0.4) is 0 Å². The highest BCUT2D eigenvalue weighted by molar-refractivity contribution is 6.33. The average Bonchev–Trinajstić information content (AvgIpc) is 3.06. The van der Waals surface area contributed by atoms with E-state index < -0.39 is 11.8 Å². The van der Waals surface area contributed by atoms with E-state index in [1.165, 1.54) is 0 Å². The zero-order chi connectivity index (χ0) is 21.7. The standard InChI is InChI=1S/C21H22ClN5O3/c1-3-27-13(2)24-17-12-14(8-9-18(17)27)20(29)26-25-19(28)10-11-23-21(30)15-6-4-5-7-16(15)22/h4-9,12H,3,10-11H2,1-2H3,(H,23,30)(H,25,28)(H,26,29). The normalized spacial score (nSPS) is 10.6. The molecule has 0 spiro atoms. The lowest BCUT2D eigenvalue weighted by atomic mass is 10.2. The molecule has 0 atom stereocenters. The molecule has 0 aliphatic heterocycles. The maximum Gasteiger partial charge on any atom is 0.269 e. The van der Waals surface area contributed by atoms with Gasteiger partial charge in [0.2, 0.25) is 5.91 Å². The molecule has 156 valence electrons. The number of amides is 3. The fraction of sp³-hybridized carbons (Fsp3) is 0.238. The summed E-state index contributed by atoms with van der Waals surface area (Å²) in [5.41, 5.74) is 7.10. The molecule has 2 aromatic carbocycles. The molecule has 0 fully saturated rings. The highest BCUT2D eigenvalue weighted by Crippen LogP contribution is 2.17. The second kappa shape index (κ2) is 9.41. The second-order valence-corrected chi connectivity index (χ2v) is 7.00. The molecule has 30 heavy (non-hydrogen) atoms. The van der Waals surface area contributed by atoms with E-state index in [1.54, 1.807) is 36.4 Å². The lowest BCUT2D eigenvalue weighted by Gasteiger charge is -2.09. The minimum Gasteiger partial charge on any atom is -0.351 e. The molecule has 8 nitrogen and oxygen atoms in total. The van der Waals surface area contributed by atoms with E-state index in [-0.39, 0.29) is 18.9 Å². The summed E-state index contributed by atoms with van der Waals surface area (Å²) in [6.45, 7) is 4.83. The number of nitrogens with zero attached hydrogens (tertiary/aromatic N) is 2. The van der Waals surface area contributed by atoms with Gasteiger partial charge >= 0.3 is 0 Å².